The fourth-order valence-corrected chi connectivity index (χ4v) is 2.74. The lowest BCUT2D eigenvalue weighted by molar-refractivity contribution is -0.124. The minimum Gasteiger partial charge on any atom is -0.323 e. The van der Waals surface area contributed by atoms with Crippen molar-refractivity contribution in [3.8, 4) is 0 Å². The standard InChI is InChI=1S/C15H22N2O/c1-2-4-12-7-9-13(10-8-12)14-5-3-6-15(16)17(14)11-18/h7-11,14-15H,2-6,16H2,1H3. The molecule has 1 aromatic rings. The molecule has 0 aromatic heterocycles. The van der Waals surface area contributed by atoms with Crippen LogP contribution in [0.4, 0.5) is 0 Å². The van der Waals surface area contributed by atoms with Crippen molar-refractivity contribution in [3.05, 3.63) is 35.4 Å². The Hall–Kier alpha value is -1.35. The van der Waals surface area contributed by atoms with Crippen molar-refractivity contribution in [1.82, 2.24) is 4.90 Å². The Kier molecular flexibility index (Phi) is 4.37. The van der Waals surface area contributed by atoms with E-state index in [0.717, 1.165) is 38.5 Å². The zero-order chi connectivity index (χ0) is 13.0. The van der Waals surface area contributed by atoms with Crippen molar-refractivity contribution >= 4 is 6.41 Å². The molecule has 1 aliphatic rings. The van der Waals surface area contributed by atoms with Gasteiger partial charge in [-0.2, -0.15) is 0 Å². The summed E-state index contributed by atoms with van der Waals surface area (Å²) in [4.78, 5) is 12.9. The minimum atomic E-state index is -0.128. The number of nitrogens with zero attached hydrogens (tertiary/aromatic N) is 1. The molecule has 1 aromatic carbocycles. The first-order valence-electron chi connectivity index (χ1n) is 6.83. The largest absolute Gasteiger partial charge is 0.323 e. The van der Waals surface area contributed by atoms with Crippen LogP contribution < -0.4 is 5.73 Å². The van der Waals surface area contributed by atoms with Crippen molar-refractivity contribution in [2.45, 2.75) is 51.2 Å². The van der Waals surface area contributed by atoms with E-state index in [0.29, 0.717) is 0 Å². The number of hydrogen-bond donors (Lipinski definition) is 1. The van der Waals surface area contributed by atoms with E-state index in [1.54, 1.807) is 4.90 Å². The monoisotopic (exact) mass is 246 g/mol. The van der Waals surface area contributed by atoms with Gasteiger partial charge in [-0.05, 0) is 36.8 Å². The third-order valence-corrected chi connectivity index (χ3v) is 3.75. The fraction of sp³-hybridized carbons (Fsp3) is 0.533. The van der Waals surface area contributed by atoms with Crippen LogP contribution in [0.15, 0.2) is 24.3 Å². The van der Waals surface area contributed by atoms with E-state index in [-0.39, 0.29) is 12.2 Å². The number of carbonyl (C=O) groups excluding carboxylic acids is 1. The second-order valence-corrected chi connectivity index (χ2v) is 5.06. The first kappa shape index (κ1) is 13.1. The topological polar surface area (TPSA) is 46.3 Å². The van der Waals surface area contributed by atoms with Crippen LogP contribution in [-0.4, -0.2) is 17.5 Å². The summed E-state index contributed by atoms with van der Waals surface area (Å²) in [7, 11) is 0. The Balaban J connectivity index is 2.16. The number of piperidine rings is 1. The van der Waals surface area contributed by atoms with Gasteiger partial charge in [0.1, 0.15) is 0 Å². The predicted octanol–water partition coefficient (Wildman–Crippen LogP) is 2.61. The number of rotatable bonds is 4. The van der Waals surface area contributed by atoms with Gasteiger partial charge in [0, 0.05) is 0 Å². The van der Waals surface area contributed by atoms with Crippen molar-refractivity contribution in [3.63, 3.8) is 0 Å². The summed E-state index contributed by atoms with van der Waals surface area (Å²) in [6.45, 7) is 2.18. The highest BCUT2D eigenvalue weighted by molar-refractivity contribution is 5.50. The Morgan fingerprint density at radius 1 is 1.33 bits per heavy atom. The molecule has 0 spiro atoms. The highest BCUT2D eigenvalue weighted by Crippen LogP contribution is 2.31. The molecule has 1 fully saturated rings. The summed E-state index contributed by atoms with van der Waals surface area (Å²) in [5, 5.41) is 0. The van der Waals surface area contributed by atoms with E-state index in [4.69, 9.17) is 5.73 Å². The van der Waals surface area contributed by atoms with Gasteiger partial charge in [-0.15, -0.1) is 0 Å². The normalized spacial score (nSPS) is 24.0. The number of aryl methyl sites for hydroxylation is 1. The summed E-state index contributed by atoms with van der Waals surface area (Å²) in [5.41, 5.74) is 8.56. The van der Waals surface area contributed by atoms with Crippen LogP contribution in [0, 0.1) is 0 Å². The molecule has 1 heterocycles. The number of nitrogens with two attached hydrogens (primary N) is 1. The van der Waals surface area contributed by atoms with Gasteiger partial charge in [-0.3, -0.25) is 4.79 Å². The average Bonchev–Trinajstić information content (AvgIpc) is 2.40. The molecule has 2 unspecified atom stereocenters. The molecule has 1 aliphatic heterocycles. The lowest BCUT2D eigenvalue weighted by Crippen LogP contribution is -2.46. The molecule has 1 saturated heterocycles. The predicted molar refractivity (Wildman–Crippen MR) is 72.9 cm³/mol. The molecule has 2 atom stereocenters. The number of benzene rings is 1. The second-order valence-electron chi connectivity index (χ2n) is 5.06. The quantitative estimate of drug-likeness (QED) is 0.830. The van der Waals surface area contributed by atoms with E-state index in [1.165, 1.54) is 11.1 Å². The first-order chi connectivity index (χ1) is 8.76. The zero-order valence-corrected chi connectivity index (χ0v) is 11.0. The molecule has 0 saturated carbocycles. The third-order valence-electron chi connectivity index (χ3n) is 3.75. The van der Waals surface area contributed by atoms with Crippen LogP contribution in [0.2, 0.25) is 0 Å². The van der Waals surface area contributed by atoms with E-state index < -0.39 is 0 Å². The van der Waals surface area contributed by atoms with Crippen LogP contribution in [0.3, 0.4) is 0 Å². The number of amides is 1. The van der Waals surface area contributed by atoms with Gasteiger partial charge in [0.25, 0.3) is 0 Å². The molecule has 18 heavy (non-hydrogen) atoms. The minimum absolute atomic E-state index is 0.128. The smallest absolute Gasteiger partial charge is 0.211 e. The van der Waals surface area contributed by atoms with Gasteiger partial charge in [0.05, 0.1) is 12.2 Å². The Morgan fingerprint density at radius 2 is 2.06 bits per heavy atom. The third kappa shape index (κ3) is 2.72. The molecule has 0 radical (unpaired) electrons. The van der Waals surface area contributed by atoms with Crippen LogP contribution in [0.25, 0.3) is 0 Å². The van der Waals surface area contributed by atoms with E-state index in [9.17, 15) is 4.79 Å². The molecule has 2 rings (SSSR count). The highest BCUT2D eigenvalue weighted by Gasteiger charge is 2.27. The lowest BCUT2D eigenvalue weighted by Gasteiger charge is -2.38. The van der Waals surface area contributed by atoms with E-state index in [1.807, 2.05) is 0 Å². The Labute approximate surface area is 109 Å². The summed E-state index contributed by atoms with van der Waals surface area (Å²) >= 11 is 0. The molecule has 3 nitrogen and oxygen atoms in total. The summed E-state index contributed by atoms with van der Waals surface area (Å²) in [6, 6.07) is 8.78. The molecule has 1 amide bonds. The van der Waals surface area contributed by atoms with Gasteiger partial charge >= 0.3 is 0 Å². The van der Waals surface area contributed by atoms with Crippen molar-refractivity contribution in [2.24, 2.45) is 5.73 Å². The number of hydrogen-bond acceptors (Lipinski definition) is 2. The molecular weight excluding hydrogens is 224 g/mol. The number of carbonyl (C=O) groups is 1. The second kappa shape index (κ2) is 6.01. The van der Waals surface area contributed by atoms with Gasteiger partial charge in [0.15, 0.2) is 0 Å². The van der Waals surface area contributed by atoms with Crippen LogP contribution in [-0.2, 0) is 11.2 Å². The van der Waals surface area contributed by atoms with Crippen LogP contribution in [0.5, 0.6) is 0 Å². The van der Waals surface area contributed by atoms with E-state index >= 15 is 0 Å². The molecule has 98 valence electrons. The Bertz CT molecular complexity index is 388. The zero-order valence-electron chi connectivity index (χ0n) is 11.0. The van der Waals surface area contributed by atoms with Gasteiger partial charge in [-0.25, -0.2) is 0 Å². The van der Waals surface area contributed by atoms with Gasteiger partial charge in [-0.1, -0.05) is 37.6 Å². The summed E-state index contributed by atoms with van der Waals surface area (Å²) in [5.74, 6) is 0. The maximum Gasteiger partial charge on any atom is 0.211 e. The fourth-order valence-electron chi connectivity index (χ4n) is 2.74. The van der Waals surface area contributed by atoms with Crippen LogP contribution in [0.1, 0.15) is 49.8 Å². The maximum absolute atomic E-state index is 11.2. The van der Waals surface area contributed by atoms with Gasteiger partial charge < -0.3 is 10.6 Å². The van der Waals surface area contributed by atoms with Crippen molar-refractivity contribution < 1.29 is 4.79 Å². The van der Waals surface area contributed by atoms with Crippen molar-refractivity contribution in [2.75, 3.05) is 0 Å². The molecular formula is C15H22N2O. The van der Waals surface area contributed by atoms with Crippen LogP contribution >= 0.6 is 0 Å². The summed E-state index contributed by atoms with van der Waals surface area (Å²) < 4.78 is 0. The van der Waals surface area contributed by atoms with Crippen molar-refractivity contribution in [1.29, 1.82) is 0 Å². The van der Waals surface area contributed by atoms with Gasteiger partial charge in [0.2, 0.25) is 6.41 Å². The van der Waals surface area contributed by atoms with E-state index in [2.05, 4.69) is 31.2 Å². The SMILES string of the molecule is CCCc1ccc(C2CCCC(N)N2C=O)cc1. The molecule has 0 bridgehead atoms. The first-order valence-corrected chi connectivity index (χ1v) is 6.83. The molecule has 0 aliphatic carbocycles. The summed E-state index contributed by atoms with van der Waals surface area (Å²) in [6.07, 6.45) is 6.05. The Morgan fingerprint density at radius 3 is 2.67 bits per heavy atom. The number of likely N-dealkylation sites (tertiary alicyclic amines) is 1. The highest BCUT2D eigenvalue weighted by atomic mass is 16.1. The molecule has 2 N–H and O–H groups in total. The molecule has 3 heteroatoms. The lowest BCUT2D eigenvalue weighted by atomic mass is 9.93. The average molecular weight is 246 g/mol. The maximum atomic E-state index is 11.2.